The van der Waals surface area contributed by atoms with Crippen LogP contribution in [0.25, 0.3) is 22.3 Å². The van der Waals surface area contributed by atoms with Gasteiger partial charge in [-0.05, 0) is 46.5 Å². The summed E-state index contributed by atoms with van der Waals surface area (Å²) in [6, 6.07) is 25.4. The number of nitrogens with two attached hydrogens (primary N) is 2. The zero-order valence-electron chi connectivity index (χ0n) is 16.1. The van der Waals surface area contributed by atoms with Crippen molar-refractivity contribution in [2.24, 2.45) is 0 Å². The van der Waals surface area contributed by atoms with Crippen LogP contribution >= 0.6 is 0 Å². The molecule has 4 aromatic carbocycles. The molecular weight excluding hydrogens is 372 g/mol. The van der Waals surface area contributed by atoms with Gasteiger partial charge in [-0.25, -0.2) is 0 Å². The van der Waals surface area contributed by atoms with Crippen LogP contribution in [-0.4, -0.2) is 11.6 Å². The molecule has 0 aliphatic heterocycles. The number of carbonyl (C=O) groups is 2. The number of nitrogen functional groups attached to an aromatic ring is 2. The summed E-state index contributed by atoms with van der Waals surface area (Å²) >= 11 is 0. The second-order valence-corrected chi connectivity index (χ2v) is 7.36. The number of benzene rings is 4. The van der Waals surface area contributed by atoms with Crippen molar-refractivity contribution in [2.75, 3.05) is 11.5 Å². The van der Waals surface area contributed by atoms with E-state index < -0.39 is 0 Å². The van der Waals surface area contributed by atoms with Gasteiger partial charge < -0.3 is 11.5 Å². The molecule has 0 saturated carbocycles. The maximum absolute atomic E-state index is 13.6. The van der Waals surface area contributed by atoms with E-state index >= 15 is 0 Å². The first kappa shape index (κ1) is 17.9. The third-order valence-electron chi connectivity index (χ3n) is 5.52. The Morgan fingerprint density at radius 3 is 1.13 bits per heavy atom. The number of carbonyl (C=O) groups excluding carboxylic acids is 2. The molecule has 0 unspecified atom stereocenters. The van der Waals surface area contributed by atoms with Crippen LogP contribution < -0.4 is 11.5 Å². The van der Waals surface area contributed by atoms with E-state index in [1.807, 2.05) is 48.5 Å². The van der Waals surface area contributed by atoms with Crippen LogP contribution in [-0.2, 0) is 0 Å². The van der Waals surface area contributed by atoms with Crippen LogP contribution in [0.15, 0.2) is 84.9 Å². The van der Waals surface area contributed by atoms with Gasteiger partial charge in [-0.3, -0.25) is 9.59 Å². The van der Waals surface area contributed by atoms with Gasteiger partial charge in [-0.15, -0.1) is 0 Å². The van der Waals surface area contributed by atoms with Crippen molar-refractivity contribution in [3.8, 4) is 22.3 Å². The molecule has 0 spiro atoms. The monoisotopic (exact) mass is 390 g/mol. The molecule has 4 N–H and O–H groups in total. The zero-order valence-corrected chi connectivity index (χ0v) is 16.1. The van der Waals surface area contributed by atoms with Gasteiger partial charge in [0.25, 0.3) is 0 Å². The van der Waals surface area contributed by atoms with Gasteiger partial charge in [-0.1, -0.05) is 60.7 Å². The molecule has 1 aliphatic carbocycles. The second-order valence-electron chi connectivity index (χ2n) is 7.36. The summed E-state index contributed by atoms with van der Waals surface area (Å²) in [6.45, 7) is 0. The van der Waals surface area contributed by atoms with Gasteiger partial charge in [0.1, 0.15) is 0 Å². The van der Waals surface area contributed by atoms with Crippen molar-refractivity contribution < 1.29 is 9.59 Å². The summed E-state index contributed by atoms with van der Waals surface area (Å²) < 4.78 is 0. The number of fused-ring (bicyclic) bond motifs is 2. The predicted octanol–water partition coefficient (Wildman–Crippen LogP) is 4.96. The van der Waals surface area contributed by atoms with E-state index in [0.717, 1.165) is 22.3 Å². The average Bonchev–Trinajstić information content (AvgIpc) is 2.77. The standard InChI is InChI=1S/C26H18N2O2/c27-17-11-7-15(8-12-17)19-3-1-5-21-23(19)26(30)22-6-2-4-20(24(22)25(21)29)16-9-13-18(28)14-10-16/h1-14H,27-28H2. The number of hydrogen-bond acceptors (Lipinski definition) is 4. The minimum atomic E-state index is -0.149. The Bertz CT molecular complexity index is 1220. The second kappa shape index (κ2) is 6.71. The molecule has 0 fully saturated rings. The van der Waals surface area contributed by atoms with Gasteiger partial charge >= 0.3 is 0 Å². The summed E-state index contributed by atoms with van der Waals surface area (Å²) in [5, 5.41) is 0. The highest BCUT2D eigenvalue weighted by Crippen LogP contribution is 2.38. The topological polar surface area (TPSA) is 86.2 Å². The predicted molar refractivity (Wildman–Crippen MR) is 119 cm³/mol. The molecule has 5 rings (SSSR count). The van der Waals surface area contributed by atoms with Crippen molar-refractivity contribution in [1.82, 2.24) is 0 Å². The smallest absolute Gasteiger partial charge is 0.195 e. The lowest BCUT2D eigenvalue weighted by Crippen LogP contribution is -2.22. The molecule has 0 bridgehead atoms. The van der Waals surface area contributed by atoms with Crippen molar-refractivity contribution in [2.45, 2.75) is 0 Å². The Balaban J connectivity index is 1.73. The third kappa shape index (κ3) is 2.70. The van der Waals surface area contributed by atoms with Crippen LogP contribution in [0.2, 0.25) is 0 Å². The Morgan fingerprint density at radius 2 is 0.767 bits per heavy atom. The van der Waals surface area contributed by atoms with Gasteiger partial charge in [0.05, 0.1) is 0 Å². The summed E-state index contributed by atoms with van der Waals surface area (Å²) in [4.78, 5) is 27.1. The first-order valence-electron chi connectivity index (χ1n) is 9.62. The molecule has 4 nitrogen and oxygen atoms in total. The fourth-order valence-corrected chi connectivity index (χ4v) is 4.05. The van der Waals surface area contributed by atoms with E-state index in [1.54, 1.807) is 36.4 Å². The molecule has 0 radical (unpaired) electrons. The first-order valence-corrected chi connectivity index (χ1v) is 9.62. The number of ketones is 2. The molecule has 4 heteroatoms. The normalized spacial score (nSPS) is 12.4. The molecule has 0 amide bonds. The highest BCUT2D eigenvalue weighted by molar-refractivity contribution is 6.32. The van der Waals surface area contributed by atoms with Crippen LogP contribution in [0.1, 0.15) is 31.8 Å². The molecule has 0 atom stereocenters. The fraction of sp³-hybridized carbons (Fsp3) is 0. The van der Waals surface area contributed by atoms with E-state index in [9.17, 15) is 9.59 Å². The molecule has 0 aromatic heterocycles. The summed E-state index contributed by atoms with van der Waals surface area (Å²) in [5.74, 6) is -0.298. The van der Waals surface area contributed by atoms with Gasteiger partial charge in [0.15, 0.2) is 11.6 Å². The lowest BCUT2D eigenvalue weighted by Gasteiger charge is -2.22. The largest absolute Gasteiger partial charge is 0.399 e. The van der Waals surface area contributed by atoms with Gasteiger partial charge in [-0.2, -0.15) is 0 Å². The van der Waals surface area contributed by atoms with Crippen LogP contribution in [0.4, 0.5) is 11.4 Å². The molecule has 0 heterocycles. The highest BCUT2D eigenvalue weighted by Gasteiger charge is 2.33. The minimum Gasteiger partial charge on any atom is -0.399 e. The van der Waals surface area contributed by atoms with Crippen molar-refractivity contribution in [1.29, 1.82) is 0 Å². The van der Waals surface area contributed by atoms with Crippen LogP contribution in [0, 0.1) is 0 Å². The van der Waals surface area contributed by atoms with Crippen LogP contribution in [0.5, 0.6) is 0 Å². The molecular formula is C26H18N2O2. The molecule has 0 saturated heterocycles. The average molecular weight is 390 g/mol. The van der Waals surface area contributed by atoms with E-state index in [-0.39, 0.29) is 11.6 Å². The zero-order chi connectivity index (χ0) is 20.8. The lowest BCUT2D eigenvalue weighted by atomic mass is 9.78. The number of anilines is 2. The summed E-state index contributed by atoms with van der Waals surface area (Å²) in [7, 11) is 0. The Labute approximate surface area is 173 Å². The van der Waals surface area contributed by atoms with Gasteiger partial charge in [0, 0.05) is 33.6 Å². The van der Waals surface area contributed by atoms with E-state index in [4.69, 9.17) is 11.5 Å². The lowest BCUT2D eigenvalue weighted by molar-refractivity contribution is 0.0980. The Kier molecular flexibility index (Phi) is 4.00. The van der Waals surface area contributed by atoms with Crippen molar-refractivity contribution in [3.63, 3.8) is 0 Å². The quantitative estimate of drug-likeness (QED) is 0.417. The Hall–Kier alpha value is -4.18. The van der Waals surface area contributed by atoms with Crippen molar-refractivity contribution >= 4 is 22.9 Å². The maximum Gasteiger partial charge on any atom is 0.195 e. The van der Waals surface area contributed by atoms with E-state index in [0.29, 0.717) is 33.6 Å². The molecule has 30 heavy (non-hydrogen) atoms. The third-order valence-corrected chi connectivity index (χ3v) is 5.52. The van der Waals surface area contributed by atoms with Crippen LogP contribution in [0.3, 0.4) is 0 Å². The first-order chi connectivity index (χ1) is 14.5. The summed E-state index contributed by atoms with van der Waals surface area (Å²) in [6.07, 6.45) is 0. The maximum atomic E-state index is 13.6. The van der Waals surface area contributed by atoms with E-state index in [2.05, 4.69) is 0 Å². The Morgan fingerprint density at radius 1 is 0.433 bits per heavy atom. The summed E-state index contributed by atoms with van der Waals surface area (Å²) in [5.41, 5.74) is 17.8. The SMILES string of the molecule is Nc1ccc(-c2cccc3c2C(=O)c2cccc(-c4ccc(N)cc4)c2C3=O)cc1. The molecule has 1 aliphatic rings. The number of hydrogen-bond donors (Lipinski definition) is 2. The molecule has 144 valence electrons. The minimum absolute atomic E-state index is 0.149. The van der Waals surface area contributed by atoms with Gasteiger partial charge in [0.2, 0.25) is 0 Å². The van der Waals surface area contributed by atoms with E-state index in [1.165, 1.54) is 0 Å². The highest BCUT2D eigenvalue weighted by atomic mass is 16.1. The molecule has 4 aromatic rings. The number of rotatable bonds is 2. The fourth-order valence-electron chi connectivity index (χ4n) is 4.05. The van der Waals surface area contributed by atoms with Crippen molar-refractivity contribution in [3.05, 3.63) is 107 Å².